The van der Waals surface area contributed by atoms with E-state index in [1.54, 1.807) is 0 Å². The predicted molar refractivity (Wildman–Crippen MR) is 115 cm³/mol. The normalized spacial score (nSPS) is 28.7. The van der Waals surface area contributed by atoms with Crippen LogP contribution in [0.3, 0.4) is 0 Å². The van der Waals surface area contributed by atoms with Crippen molar-refractivity contribution in [2.45, 2.75) is 57.1 Å². The molecule has 0 aliphatic carbocycles. The maximum Gasteiger partial charge on any atom is 0.341 e. The molecule has 0 bridgehead atoms. The van der Waals surface area contributed by atoms with Crippen LogP contribution in [0.15, 0.2) is 48.5 Å². The molecule has 0 amide bonds. The van der Waals surface area contributed by atoms with Crippen LogP contribution in [0.1, 0.15) is 43.9 Å². The summed E-state index contributed by atoms with van der Waals surface area (Å²) < 4.78 is 18.4. The van der Waals surface area contributed by atoms with Crippen molar-refractivity contribution in [3.63, 3.8) is 0 Å². The van der Waals surface area contributed by atoms with Gasteiger partial charge < -0.3 is 19.3 Å². The summed E-state index contributed by atoms with van der Waals surface area (Å²) in [6, 6.07) is 16.4. The quantitative estimate of drug-likeness (QED) is 0.783. The second kappa shape index (κ2) is 7.84. The molecule has 2 aromatic carbocycles. The van der Waals surface area contributed by atoms with Gasteiger partial charge in [0.05, 0.1) is 12.2 Å². The summed E-state index contributed by atoms with van der Waals surface area (Å²) in [5.41, 5.74) is 2.09. The molecular weight excluding hydrogens is 394 g/mol. The van der Waals surface area contributed by atoms with E-state index in [-0.39, 0.29) is 24.4 Å². The van der Waals surface area contributed by atoms with Gasteiger partial charge in [0, 0.05) is 30.6 Å². The van der Waals surface area contributed by atoms with E-state index in [4.69, 9.17) is 19.3 Å². The van der Waals surface area contributed by atoms with Crippen LogP contribution in [-0.4, -0.2) is 46.9 Å². The van der Waals surface area contributed by atoms with E-state index in [9.17, 15) is 4.79 Å². The minimum atomic E-state index is -0.972. The van der Waals surface area contributed by atoms with Crippen LogP contribution in [0.25, 0.3) is 0 Å². The van der Waals surface area contributed by atoms with Crippen LogP contribution in [-0.2, 0) is 16.1 Å². The van der Waals surface area contributed by atoms with Gasteiger partial charge in [-0.15, -0.1) is 0 Å². The molecule has 6 nitrogen and oxygen atoms in total. The number of likely N-dealkylation sites (tertiary alicyclic amines) is 1. The highest BCUT2D eigenvalue weighted by atomic mass is 16.5. The van der Waals surface area contributed by atoms with Gasteiger partial charge in [0.25, 0.3) is 0 Å². The molecule has 3 heterocycles. The summed E-state index contributed by atoms with van der Waals surface area (Å²) in [7, 11) is 0. The first-order valence-electron chi connectivity index (χ1n) is 11.0. The molecule has 2 saturated heterocycles. The van der Waals surface area contributed by atoms with E-state index in [0.717, 1.165) is 31.7 Å². The maximum absolute atomic E-state index is 10.7. The van der Waals surface area contributed by atoms with Crippen LogP contribution in [0, 0.1) is 5.92 Å². The average molecular weight is 424 g/mol. The molecule has 0 aromatic heterocycles. The number of rotatable bonds is 5. The molecule has 3 aliphatic rings. The molecule has 0 spiro atoms. The lowest BCUT2D eigenvalue weighted by Gasteiger charge is -2.50. The molecule has 0 radical (unpaired) electrons. The van der Waals surface area contributed by atoms with Crippen molar-refractivity contribution < 1.29 is 24.1 Å². The van der Waals surface area contributed by atoms with E-state index < -0.39 is 5.97 Å². The van der Waals surface area contributed by atoms with Crippen molar-refractivity contribution in [1.82, 2.24) is 4.90 Å². The number of hydrogen-bond acceptors (Lipinski definition) is 5. The molecule has 5 rings (SSSR count). The molecular formula is C25H29NO5. The minimum Gasteiger partial charge on any atom is -0.487 e. The fourth-order valence-corrected chi connectivity index (χ4v) is 5.39. The van der Waals surface area contributed by atoms with E-state index in [2.05, 4.69) is 30.9 Å². The molecule has 4 atom stereocenters. The molecule has 3 aliphatic heterocycles. The Kier molecular flexibility index (Phi) is 5.15. The third kappa shape index (κ3) is 3.90. The third-order valence-corrected chi connectivity index (χ3v) is 6.94. The van der Waals surface area contributed by atoms with E-state index in [1.807, 2.05) is 36.4 Å². The number of aliphatic carboxylic acids is 1. The smallest absolute Gasteiger partial charge is 0.341 e. The molecule has 31 heavy (non-hydrogen) atoms. The van der Waals surface area contributed by atoms with Gasteiger partial charge in [-0.1, -0.05) is 30.3 Å². The van der Waals surface area contributed by atoms with Gasteiger partial charge in [-0.2, -0.15) is 0 Å². The molecule has 6 heteroatoms. The van der Waals surface area contributed by atoms with E-state index in [1.165, 1.54) is 11.1 Å². The summed E-state index contributed by atoms with van der Waals surface area (Å²) in [5.74, 6) is 0.859. The zero-order valence-electron chi connectivity index (χ0n) is 18.0. The summed E-state index contributed by atoms with van der Waals surface area (Å²) in [6.45, 7) is 5.89. The van der Waals surface area contributed by atoms with Crippen LogP contribution in [0.5, 0.6) is 11.5 Å². The molecule has 164 valence electrons. The van der Waals surface area contributed by atoms with Gasteiger partial charge in [0.2, 0.25) is 0 Å². The summed E-state index contributed by atoms with van der Waals surface area (Å²) in [5, 5.41) is 8.75. The van der Waals surface area contributed by atoms with Crippen LogP contribution < -0.4 is 9.47 Å². The van der Waals surface area contributed by atoms with Gasteiger partial charge in [0.15, 0.2) is 6.61 Å². The zero-order chi connectivity index (χ0) is 21.6. The van der Waals surface area contributed by atoms with Crippen molar-refractivity contribution in [2.24, 2.45) is 5.92 Å². The van der Waals surface area contributed by atoms with E-state index in [0.29, 0.717) is 17.7 Å². The van der Waals surface area contributed by atoms with Gasteiger partial charge in [-0.25, -0.2) is 4.79 Å². The number of carboxylic acids is 1. The van der Waals surface area contributed by atoms with Gasteiger partial charge in [-0.3, -0.25) is 4.90 Å². The SMILES string of the molecule is CC1(C)Oc2ccccc2[C@@H]2O[C@@H]3CCN(Cc4ccc(OCC(=O)O)cc4)[C@H]3C[C@H]21. The van der Waals surface area contributed by atoms with Crippen molar-refractivity contribution in [1.29, 1.82) is 0 Å². The lowest BCUT2D eigenvalue weighted by molar-refractivity contribution is -0.162. The fraction of sp³-hybridized carbons (Fsp3) is 0.480. The van der Waals surface area contributed by atoms with Crippen molar-refractivity contribution >= 4 is 5.97 Å². The molecule has 1 N–H and O–H groups in total. The summed E-state index contributed by atoms with van der Waals surface area (Å²) in [6.07, 6.45) is 2.42. The largest absolute Gasteiger partial charge is 0.487 e. The Bertz CT molecular complexity index is 957. The number of carboxylic acid groups (broad SMARTS) is 1. The Balaban J connectivity index is 1.30. The number of ether oxygens (including phenoxy) is 3. The number of nitrogens with zero attached hydrogens (tertiary/aromatic N) is 1. The number of hydrogen-bond donors (Lipinski definition) is 1. The summed E-state index contributed by atoms with van der Waals surface area (Å²) >= 11 is 0. The lowest BCUT2D eigenvalue weighted by atomic mass is 9.74. The van der Waals surface area contributed by atoms with Crippen LogP contribution in [0.4, 0.5) is 0 Å². The Morgan fingerprint density at radius 1 is 1.19 bits per heavy atom. The van der Waals surface area contributed by atoms with Crippen LogP contribution in [0.2, 0.25) is 0 Å². The molecule has 0 unspecified atom stereocenters. The fourth-order valence-electron chi connectivity index (χ4n) is 5.39. The van der Waals surface area contributed by atoms with Crippen molar-refractivity contribution in [2.75, 3.05) is 13.2 Å². The zero-order valence-corrected chi connectivity index (χ0v) is 18.0. The third-order valence-electron chi connectivity index (χ3n) is 6.94. The molecule has 2 fully saturated rings. The highest BCUT2D eigenvalue weighted by Crippen LogP contribution is 2.52. The second-order valence-electron chi connectivity index (χ2n) is 9.33. The van der Waals surface area contributed by atoms with Crippen molar-refractivity contribution in [3.05, 3.63) is 59.7 Å². The van der Waals surface area contributed by atoms with Gasteiger partial charge >= 0.3 is 5.97 Å². The topological polar surface area (TPSA) is 68.2 Å². The standard InChI is InChI=1S/C25H29NO5/c1-25(2)19-13-20-22(30-24(19)18-5-3-4-6-21(18)31-25)11-12-26(20)14-16-7-9-17(10-8-16)29-15-23(27)28/h3-10,19-20,22,24H,11-15H2,1-2H3,(H,27,28)/t19-,20+,22-,24+/m1/s1. The van der Waals surface area contributed by atoms with Gasteiger partial charge in [-0.05, 0) is 50.5 Å². The predicted octanol–water partition coefficient (Wildman–Crippen LogP) is 4.04. The first-order valence-corrected chi connectivity index (χ1v) is 11.0. The first-order chi connectivity index (χ1) is 14.9. The highest BCUT2D eigenvalue weighted by molar-refractivity contribution is 5.68. The Labute approximate surface area is 182 Å². The second-order valence-corrected chi connectivity index (χ2v) is 9.33. The Morgan fingerprint density at radius 3 is 2.74 bits per heavy atom. The Morgan fingerprint density at radius 2 is 1.97 bits per heavy atom. The lowest BCUT2D eigenvalue weighted by Crippen LogP contribution is -2.53. The monoisotopic (exact) mass is 423 g/mol. The maximum atomic E-state index is 10.7. The van der Waals surface area contributed by atoms with Gasteiger partial charge in [0.1, 0.15) is 17.1 Å². The number of carbonyl (C=O) groups is 1. The van der Waals surface area contributed by atoms with Crippen LogP contribution >= 0.6 is 0 Å². The first kappa shape index (κ1) is 20.3. The minimum absolute atomic E-state index is 0.0896. The number of benzene rings is 2. The number of fused-ring (bicyclic) bond motifs is 4. The number of para-hydroxylation sites is 1. The van der Waals surface area contributed by atoms with E-state index >= 15 is 0 Å². The molecule has 0 saturated carbocycles. The van der Waals surface area contributed by atoms with Crippen molar-refractivity contribution in [3.8, 4) is 11.5 Å². The Hall–Kier alpha value is -2.57. The highest BCUT2D eigenvalue weighted by Gasteiger charge is 2.52. The average Bonchev–Trinajstić information content (AvgIpc) is 3.14. The summed E-state index contributed by atoms with van der Waals surface area (Å²) in [4.78, 5) is 13.2. The molecule has 2 aromatic rings.